The lowest BCUT2D eigenvalue weighted by Crippen LogP contribution is -2.45. The van der Waals surface area contributed by atoms with E-state index < -0.39 is 11.7 Å². The van der Waals surface area contributed by atoms with Crippen LogP contribution in [-0.4, -0.2) is 24.1 Å². The second-order valence-corrected chi connectivity index (χ2v) is 7.88. The second-order valence-electron chi connectivity index (χ2n) is 7.47. The number of anilines is 4. The molecule has 0 saturated carbocycles. The quantitative estimate of drug-likeness (QED) is 0.541. The fourth-order valence-corrected chi connectivity index (χ4v) is 4.24. The normalized spacial score (nSPS) is 15.4. The van der Waals surface area contributed by atoms with E-state index in [0.29, 0.717) is 42.3 Å². The predicted octanol–water partition coefficient (Wildman–Crippen LogP) is 4.42. The maximum absolute atomic E-state index is 14.3. The molecule has 2 bridgehead atoms. The van der Waals surface area contributed by atoms with Crippen LogP contribution in [0.5, 0.6) is 0 Å². The number of hydrogen-bond acceptors (Lipinski definition) is 4. The van der Waals surface area contributed by atoms with E-state index in [4.69, 9.17) is 11.6 Å². The molecule has 2 aromatic carbocycles. The van der Waals surface area contributed by atoms with Gasteiger partial charge in [0.05, 0.1) is 22.0 Å². The number of nitrogens with one attached hydrogen (secondary N) is 2. The summed E-state index contributed by atoms with van der Waals surface area (Å²) in [6.07, 6.45) is 1.22. The largest absolute Gasteiger partial charge is 0.370 e. The van der Waals surface area contributed by atoms with Gasteiger partial charge in [0.2, 0.25) is 5.56 Å². The van der Waals surface area contributed by atoms with Gasteiger partial charge in [-0.25, -0.2) is 8.78 Å². The van der Waals surface area contributed by atoms with Crippen molar-refractivity contribution < 1.29 is 13.6 Å². The smallest absolute Gasteiger partial charge is 0.262 e. The fraction of sp³-hybridized carbons (Fsp3) is 0.182. The Bertz CT molecular complexity index is 1280. The number of nitrogens with zero attached hydrogens (tertiary/aromatic N) is 2. The minimum Gasteiger partial charge on any atom is -0.370 e. The van der Waals surface area contributed by atoms with Gasteiger partial charge in [0, 0.05) is 18.3 Å². The minimum atomic E-state index is -0.709. The first kappa shape index (κ1) is 19.6. The average Bonchev–Trinajstić information content (AvgIpc) is 2.76. The van der Waals surface area contributed by atoms with Crippen molar-refractivity contribution in [3.63, 3.8) is 0 Å². The molecule has 31 heavy (non-hydrogen) atoms. The molecule has 1 aromatic heterocycles. The van der Waals surface area contributed by atoms with Crippen LogP contribution >= 0.6 is 11.6 Å². The number of aromatic nitrogens is 1. The molecule has 9 heteroatoms. The average molecular weight is 443 g/mol. The fourth-order valence-electron chi connectivity index (χ4n) is 4.09. The molecule has 0 saturated heterocycles. The van der Waals surface area contributed by atoms with Crippen LogP contribution in [0, 0.1) is 11.6 Å². The number of rotatable bonds is 0. The first-order valence-corrected chi connectivity index (χ1v) is 10.1. The van der Waals surface area contributed by atoms with Gasteiger partial charge in [-0.3, -0.25) is 14.5 Å². The molecule has 5 rings (SSSR count). The van der Waals surface area contributed by atoms with E-state index in [9.17, 15) is 18.4 Å². The van der Waals surface area contributed by atoms with Gasteiger partial charge in [0.15, 0.2) is 0 Å². The Kier molecular flexibility index (Phi) is 4.66. The number of carbonyl (C=O) groups is 1. The van der Waals surface area contributed by atoms with Crippen LogP contribution in [0.2, 0.25) is 5.02 Å². The number of halogens is 3. The Labute approximate surface area is 181 Å². The third-order valence-electron chi connectivity index (χ3n) is 5.53. The molecule has 0 spiro atoms. The van der Waals surface area contributed by atoms with Crippen LogP contribution < -0.4 is 20.7 Å². The highest BCUT2D eigenvalue weighted by molar-refractivity contribution is 6.31. The maximum Gasteiger partial charge on any atom is 0.262 e. The number of aromatic amines is 1. The van der Waals surface area contributed by atoms with Crippen LogP contribution in [-0.2, 0) is 6.42 Å². The molecular formula is C22H17ClF2N4O2. The van der Waals surface area contributed by atoms with Crippen molar-refractivity contribution >= 4 is 40.4 Å². The third kappa shape index (κ3) is 3.33. The molecule has 0 unspecified atom stereocenters. The first-order valence-electron chi connectivity index (χ1n) is 9.76. The standard InChI is InChI=1S/C22H17ClF2N4O2/c23-15-10-19-14(9-16(15)25)22(31)29-11-28(19)17-4-3-13(24)8-12(17)2-1-7-26-21-18(29)5-6-20(30)27-21/h3-6,8-10H,1-2,7,11H2,(H2,26,27,30). The van der Waals surface area contributed by atoms with E-state index in [0.717, 1.165) is 11.6 Å². The SMILES string of the molecule is O=C1c2cc(F)c(Cl)cc2N2CN1c1ccc(=O)[nH]c1NCCCc1cc(F)ccc12. The van der Waals surface area contributed by atoms with Crippen molar-refractivity contribution in [1.82, 2.24) is 4.98 Å². The molecular weight excluding hydrogens is 426 g/mol. The predicted molar refractivity (Wildman–Crippen MR) is 115 cm³/mol. The summed E-state index contributed by atoms with van der Waals surface area (Å²) in [7, 11) is 0. The Morgan fingerprint density at radius 1 is 0.935 bits per heavy atom. The van der Waals surface area contributed by atoms with Crippen LogP contribution in [0.25, 0.3) is 0 Å². The van der Waals surface area contributed by atoms with Crippen molar-refractivity contribution in [2.45, 2.75) is 12.8 Å². The van der Waals surface area contributed by atoms with Crippen LogP contribution in [0.15, 0.2) is 47.3 Å². The van der Waals surface area contributed by atoms with Gasteiger partial charge in [-0.1, -0.05) is 11.6 Å². The van der Waals surface area contributed by atoms with Crippen LogP contribution in [0.3, 0.4) is 0 Å². The first-order chi connectivity index (χ1) is 14.9. The summed E-state index contributed by atoms with van der Waals surface area (Å²) in [5, 5.41) is 3.05. The molecule has 158 valence electrons. The zero-order chi connectivity index (χ0) is 21.7. The highest BCUT2D eigenvalue weighted by Gasteiger charge is 2.34. The third-order valence-corrected chi connectivity index (χ3v) is 5.82. The lowest BCUT2D eigenvalue weighted by atomic mass is 10.0. The summed E-state index contributed by atoms with van der Waals surface area (Å²) in [5.74, 6) is -1.11. The molecule has 0 radical (unpaired) electrons. The van der Waals surface area contributed by atoms with E-state index >= 15 is 0 Å². The molecule has 3 aromatic rings. The highest BCUT2D eigenvalue weighted by Crippen LogP contribution is 2.41. The van der Waals surface area contributed by atoms with Crippen molar-refractivity contribution in [3.8, 4) is 0 Å². The molecule has 1 amide bonds. The van der Waals surface area contributed by atoms with Crippen molar-refractivity contribution in [2.24, 2.45) is 0 Å². The summed E-state index contributed by atoms with van der Waals surface area (Å²) in [6.45, 7) is 0.575. The summed E-state index contributed by atoms with van der Waals surface area (Å²) in [6, 6.07) is 9.89. The van der Waals surface area contributed by atoms with E-state index in [2.05, 4.69) is 10.3 Å². The second kappa shape index (κ2) is 7.39. The Morgan fingerprint density at radius 3 is 2.58 bits per heavy atom. The Hall–Kier alpha value is -3.39. The lowest BCUT2D eigenvalue weighted by Gasteiger charge is -2.39. The molecule has 2 N–H and O–H groups in total. The maximum atomic E-state index is 14.3. The van der Waals surface area contributed by atoms with Crippen molar-refractivity contribution in [3.05, 3.63) is 80.6 Å². The van der Waals surface area contributed by atoms with Crippen LogP contribution in [0.4, 0.5) is 31.7 Å². The molecule has 6 nitrogen and oxygen atoms in total. The summed E-state index contributed by atoms with van der Waals surface area (Å²) < 4.78 is 28.4. The number of H-pyrrole nitrogens is 1. The van der Waals surface area contributed by atoms with Gasteiger partial charge < -0.3 is 15.2 Å². The van der Waals surface area contributed by atoms with Gasteiger partial charge in [-0.15, -0.1) is 0 Å². The van der Waals surface area contributed by atoms with Crippen LogP contribution in [0.1, 0.15) is 22.3 Å². The number of fused-ring (bicyclic) bond motifs is 8. The van der Waals surface area contributed by atoms with E-state index in [1.54, 1.807) is 12.1 Å². The molecule has 3 heterocycles. The van der Waals surface area contributed by atoms with Gasteiger partial charge in [0.25, 0.3) is 5.91 Å². The van der Waals surface area contributed by atoms with Gasteiger partial charge in [-0.2, -0.15) is 0 Å². The summed E-state index contributed by atoms with van der Waals surface area (Å²) >= 11 is 6.04. The zero-order valence-corrected chi connectivity index (χ0v) is 17.0. The number of pyridine rings is 1. The van der Waals surface area contributed by atoms with E-state index in [1.165, 1.54) is 29.2 Å². The van der Waals surface area contributed by atoms with E-state index in [-0.39, 0.29) is 28.6 Å². The number of aryl methyl sites for hydroxylation is 1. The van der Waals surface area contributed by atoms with Gasteiger partial charge in [0.1, 0.15) is 24.1 Å². The highest BCUT2D eigenvalue weighted by atomic mass is 35.5. The number of carbonyl (C=O) groups excluding carboxylic acids is 1. The molecule has 2 aliphatic rings. The molecule has 0 atom stereocenters. The summed E-state index contributed by atoms with van der Waals surface area (Å²) in [5.41, 5.74) is 2.17. The monoisotopic (exact) mass is 442 g/mol. The van der Waals surface area contributed by atoms with E-state index in [1.807, 2.05) is 4.90 Å². The molecule has 2 aliphatic heterocycles. The number of benzene rings is 2. The number of amides is 1. The summed E-state index contributed by atoms with van der Waals surface area (Å²) in [4.78, 5) is 31.3. The van der Waals surface area contributed by atoms with Gasteiger partial charge >= 0.3 is 0 Å². The van der Waals surface area contributed by atoms with Crippen molar-refractivity contribution in [2.75, 3.05) is 28.3 Å². The topological polar surface area (TPSA) is 68.4 Å². The van der Waals surface area contributed by atoms with Gasteiger partial charge in [-0.05, 0) is 54.8 Å². The number of hydrogen-bond donors (Lipinski definition) is 2. The van der Waals surface area contributed by atoms with Crippen molar-refractivity contribution in [1.29, 1.82) is 0 Å². The minimum absolute atomic E-state index is 0.0765. The Morgan fingerprint density at radius 2 is 1.74 bits per heavy atom. The molecule has 0 fully saturated rings. The molecule has 0 aliphatic carbocycles. The zero-order valence-electron chi connectivity index (χ0n) is 16.2. The Balaban J connectivity index is 1.78. The lowest BCUT2D eigenvalue weighted by molar-refractivity contribution is 0.0983.